The molecule has 3 rings (SSSR count). The van der Waals surface area contributed by atoms with Crippen molar-refractivity contribution in [2.75, 3.05) is 5.32 Å². The van der Waals surface area contributed by atoms with Crippen molar-refractivity contribution >= 4 is 11.6 Å². The van der Waals surface area contributed by atoms with E-state index < -0.39 is 0 Å². The van der Waals surface area contributed by atoms with E-state index >= 15 is 0 Å². The van der Waals surface area contributed by atoms with Crippen LogP contribution in [0.15, 0.2) is 72.8 Å². The summed E-state index contributed by atoms with van der Waals surface area (Å²) in [5.74, 6) is 1.30. The molecule has 28 heavy (non-hydrogen) atoms. The largest absolute Gasteiger partial charge is 0.508 e. The Labute approximate surface area is 165 Å². The highest BCUT2D eigenvalue weighted by molar-refractivity contribution is 6.04. The Morgan fingerprint density at radius 2 is 1.50 bits per heavy atom. The molecular formula is C24H25NO3. The lowest BCUT2D eigenvalue weighted by Crippen LogP contribution is -2.11. The molecule has 0 aliphatic rings. The number of phenolic OH excluding ortho intramolecular Hbond substituents is 1. The predicted molar refractivity (Wildman–Crippen MR) is 112 cm³/mol. The van der Waals surface area contributed by atoms with E-state index in [4.69, 9.17) is 4.74 Å². The lowest BCUT2D eigenvalue weighted by Gasteiger charge is -2.10. The molecule has 0 aliphatic carbocycles. The van der Waals surface area contributed by atoms with Crippen LogP contribution in [-0.2, 0) is 13.0 Å². The Morgan fingerprint density at radius 3 is 2.11 bits per heavy atom. The van der Waals surface area contributed by atoms with Crippen LogP contribution in [0, 0.1) is 5.92 Å². The summed E-state index contributed by atoms with van der Waals surface area (Å²) in [5.41, 5.74) is 3.63. The SMILES string of the molecule is CC(C)Cc1ccc(COc2ccc(NC(=O)c3ccc(O)cc3)cc2)cc1. The van der Waals surface area contributed by atoms with Gasteiger partial charge in [-0.2, -0.15) is 0 Å². The number of anilines is 1. The molecule has 0 spiro atoms. The summed E-state index contributed by atoms with van der Waals surface area (Å²) in [6.07, 6.45) is 1.08. The van der Waals surface area contributed by atoms with Crippen LogP contribution in [-0.4, -0.2) is 11.0 Å². The summed E-state index contributed by atoms with van der Waals surface area (Å²) in [7, 11) is 0. The Bertz CT molecular complexity index is 898. The van der Waals surface area contributed by atoms with Gasteiger partial charge in [0.1, 0.15) is 18.1 Å². The second kappa shape index (κ2) is 9.09. The highest BCUT2D eigenvalue weighted by atomic mass is 16.5. The quantitative estimate of drug-likeness (QED) is 0.579. The second-order valence-electron chi connectivity index (χ2n) is 7.23. The number of rotatable bonds is 7. The molecular weight excluding hydrogens is 350 g/mol. The molecule has 0 heterocycles. The van der Waals surface area contributed by atoms with E-state index in [-0.39, 0.29) is 11.7 Å². The molecule has 4 heteroatoms. The van der Waals surface area contributed by atoms with E-state index in [1.54, 1.807) is 24.3 Å². The maximum Gasteiger partial charge on any atom is 0.255 e. The van der Waals surface area contributed by atoms with Crippen LogP contribution < -0.4 is 10.1 Å². The van der Waals surface area contributed by atoms with E-state index in [1.165, 1.54) is 17.7 Å². The number of hydrogen-bond donors (Lipinski definition) is 2. The van der Waals surface area contributed by atoms with Gasteiger partial charge in [-0.1, -0.05) is 38.1 Å². The second-order valence-corrected chi connectivity index (χ2v) is 7.23. The maximum absolute atomic E-state index is 12.2. The molecule has 0 radical (unpaired) electrons. The van der Waals surface area contributed by atoms with Gasteiger partial charge in [-0.05, 0) is 72.0 Å². The summed E-state index contributed by atoms with van der Waals surface area (Å²) in [6.45, 7) is 4.93. The lowest BCUT2D eigenvalue weighted by atomic mass is 10.0. The van der Waals surface area contributed by atoms with Crippen molar-refractivity contribution in [1.82, 2.24) is 0 Å². The van der Waals surface area contributed by atoms with Crippen molar-refractivity contribution in [3.8, 4) is 11.5 Å². The third-order valence-electron chi connectivity index (χ3n) is 4.31. The number of carbonyl (C=O) groups excluding carboxylic acids is 1. The molecule has 2 N–H and O–H groups in total. The van der Waals surface area contributed by atoms with Crippen LogP contribution in [0.2, 0.25) is 0 Å². The van der Waals surface area contributed by atoms with Crippen LogP contribution in [0.3, 0.4) is 0 Å². The first-order chi connectivity index (χ1) is 13.5. The maximum atomic E-state index is 12.2. The number of nitrogens with one attached hydrogen (secondary N) is 1. The number of phenols is 1. The number of aromatic hydroxyl groups is 1. The Kier molecular flexibility index (Phi) is 6.33. The van der Waals surface area contributed by atoms with E-state index in [0.717, 1.165) is 17.7 Å². The first-order valence-corrected chi connectivity index (χ1v) is 9.40. The fourth-order valence-corrected chi connectivity index (χ4v) is 2.86. The molecule has 0 atom stereocenters. The Balaban J connectivity index is 1.52. The van der Waals surface area contributed by atoms with Crippen molar-refractivity contribution < 1.29 is 14.6 Å². The molecule has 0 aromatic heterocycles. The molecule has 0 saturated heterocycles. The van der Waals surface area contributed by atoms with Crippen LogP contribution in [0.4, 0.5) is 5.69 Å². The van der Waals surface area contributed by atoms with Gasteiger partial charge in [0.05, 0.1) is 0 Å². The predicted octanol–water partition coefficient (Wildman–Crippen LogP) is 5.42. The Hall–Kier alpha value is -3.27. The highest BCUT2D eigenvalue weighted by Crippen LogP contribution is 2.19. The summed E-state index contributed by atoms with van der Waals surface area (Å²) in [6, 6.07) is 21.9. The fraction of sp³-hybridized carbons (Fsp3) is 0.208. The van der Waals surface area contributed by atoms with Gasteiger partial charge in [-0.3, -0.25) is 4.79 Å². The molecule has 4 nitrogen and oxygen atoms in total. The smallest absolute Gasteiger partial charge is 0.255 e. The standard InChI is InChI=1S/C24H25NO3/c1-17(2)15-18-3-5-19(6-4-18)16-28-23-13-9-21(10-14-23)25-24(27)20-7-11-22(26)12-8-20/h3-14,17,26H,15-16H2,1-2H3,(H,25,27). The fourth-order valence-electron chi connectivity index (χ4n) is 2.86. The monoisotopic (exact) mass is 375 g/mol. The number of carbonyl (C=O) groups is 1. The van der Waals surface area contributed by atoms with Crippen molar-refractivity contribution in [2.45, 2.75) is 26.9 Å². The first kappa shape index (κ1) is 19.5. The van der Waals surface area contributed by atoms with Gasteiger partial charge in [0.25, 0.3) is 5.91 Å². The zero-order valence-electron chi connectivity index (χ0n) is 16.2. The number of amides is 1. The van der Waals surface area contributed by atoms with Gasteiger partial charge < -0.3 is 15.2 Å². The van der Waals surface area contributed by atoms with Gasteiger partial charge in [0, 0.05) is 11.3 Å². The first-order valence-electron chi connectivity index (χ1n) is 9.40. The normalized spacial score (nSPS) is 10.7. The minimum atomic E-state index is -0.227. The third-order valence-corrected chi connectivity index (χ3v) is 4.31. The van der Waals surface area contributed by atoms with E-state index in [0.29, 0.717) is 23.8 Å². The van der Waals surface area contributed by atoms with Crippen LogP contribution >= 0.6 is 0 Å². The van der Waals surface area contributed by atoms with Crippen molar-refractivity contribution in [1.29, 1.82) is 0 Å². The van der Waals surface area contributed by atoms with Gasteiger partial charge in [0.2, 0.25) is 0 Å². The molecule has 0 aliphatic heterocycles. The van der Waals surface area contributed by atoms with Crippen LogP contribution in [0.1, 0.15) is 35.3 Å². The average Bonchev–Trinajstić information content (AvgIpc) is 2.68. The van der Waals surface area contributed by atoms with E-state index in [9.17, 15) is 9.90 Å². The number of benzene rings is 3. The van der Waals surface area contributed by atoms with Gasteiger partial charge in [-0.25, -0.2) is 0 Å². The summed E-state index contributed by atoms with van der Waals surface area (Å²) < 4.78 is 5.83. The topological polar surface area (TPSA) is 58.6 Å². The molecule has 3 aromatic carbocycles. The summed E-state index contributed by atoms with van der Waals surface area (Å²) >= 11 is 0. The van der Waals surface area contributed by atoms with Gasteiger partial charge in [0.15, 0.2) is 0 Å². The molecule has 0 unspecified atom stereocenters. The number of ether oxygens (including phenoxy) is 1. The minimum absolute atomic E-state index is 0.132. The lowest BCUT2D eigenvalue weighted by molar-refractivity contribution is 0.102. The van der Waals surface area contributed by atoms with E-state index in [1.807, 2.05) is 12.1 Å². The molecule has 0 bridgehead atoms. The highest BCUT2D eigenvalue weighted by Gasteiger charge is 2.06. The Morgan fingerprint density at radius 1 is 0.893 bits per heavy atom. The summed E-state index contributed by atoms with van der Waals surface area (Å²) in [5, 5.41) is 12.1. The molecule has 144 valence electrons. The zero-order chi connectivity index (χ0) is 19.9. The van der Waals surface area contributed by atoms with Gasteiger partial charge in [-0.15, -0.1) is 0 Å². The van der Waals surface area contributed by atoms with E-state index in [2.05, 4.69) is 43.4 Å². The van der Waals surface area contributed by atoms with Gasteiger partial charge >= 0.3 is 0 Å². The molecule has 0 fully saturated rings. The van der Waals surface area contributed by atoms with Crippen LogP contribution in [0.5, 0.6) is 11.5 Å². The molecule has 1 amide bonds. The van der Waals surface area contributed by atoms with Crippen molar-refractivity contribution in [3.63, 3.8) is 0 Å². The summed E-state index contributed by atoms with van der Waals surface area (Å²) in [4.78, 5) is 12.2. The molecule has 0 saturated carbocycles. The average molecular weight is 375 g/mol. The van der Waals surface area contributed by atoms with Crippen molar-refractivity contribution in [2.24, 2.45) is 5.92 Å². The van der Waals surface area contributed by atoms with Crippen LogP contribution in [0.25, 0.3) is 0 Å². The number of hydrogen-bond acceptors (Lipinski definition) is 3. The third kappa shape index (κ3) is 5.61. The zero-order valence-corrected chi connectivity index (χ0v) is 16.2. The molecule has 3 aromatic rings. The van der Waals surface area contributed by atoms with Crippen molar-refractivity contribution in [3.05, 3.63) is 89.5 Å². The minimum Gasteiger partial charge on any atom is -0.508 e.